The van der Waals surface area contributed by atoms with Crippen LogP contribution in [0, 0.1) is 5.92 Å². The van der Waals surface area contributed by atoms with Crippen molar-refractivity contribution < 1.29 is 9.21 Å². The number of urea groups is 1. The van der Waals surface area contributed by atoms with Crippen LogP contribution in [0.15, 0.2) is 22.8 Å². The lowest BCUT2D eigenvalue weighted by Crippen LogP contribution is -2.36. The predicted molar refractivity (Wildman–Crippen MR) is 97.7 cm³/mol. The van der Waals surface area contributed by atoms with Gasteiger partial charge < -0.3 is 9.73 Å². The zero-order valence-electron chi connectivity index (χ0n) is 14.7. The predicted octanol–water partition coefficient (Wildman–Crippen LogP) is 3.29. The van der Waals surface area contributed by atoms with Gasteiger partial charge in [-0.2, -0.15) is 0 Å². The number of anilines is 1. The molecule has 0 bridgehead atoms. The summed E-state index contributed by atoms with van der Waals surface area (Å²) in [5.74, 6) is 1.55. The highest BCUT2D eigenvalue weighted by molar-refractivity contribution is 7.15. The quantitative estimate of drug-likeness (QED) is 0.789. The summed E-state index contributed by atoms with van der Waals surface area (Å²) in [6, 6.07) is 3.46. The van der Waals surface area contributed by atoms with Crippen molar-refractivity contribution in [3.8, 4) is 0 Å². The fourth-order valence-corrected chi connectivity index (χ4v) is 4.05. The van der Waals surface area contributed by atoms with Crippen LogP contribution < -0.4 is 10.6 Å². The maximum atomic E-state index is 12.1. The van der Waals surface area contributed by atoms with E-state index in [0.29, 0.717) is 11.7 Å². The summed E-state index contributed by atoms with van der Waals surface area (Å²) in [5.41, 5.74) is 0. The second kappa shape index (κ2) is 8.44. The first-order valence-corrected chi connectivity index (χ1v) is 9.50. The Morgan fingerprint density at radius 2 is 2.20 bits per heavy atom. The number of nitrogens with zero attached hydrogens (tertiary/aromatic N) is 3. The maximum absolute atomic E-state index is 12.1. The summed E-state index contributed by atoms with van der Waals surface area (Å²) in [6.07, 6.45) is 7.81. The highest BCUT2D eigenvalue weighted by Gasteiger charge is 2.20. The van der Waals surface area contributed by atoms with Crippen LogP contribution in [0.25, 0.3) is 0 Å². The van der Waals surface area contributed by atoms with Gasteiger partial charge in [0.25, 0.3) is 0 Å². The molecule has 0 radical (unpaired) electrons. The van der Waals surface area contributed by atoms with E-state index in [-0.39, 0.29) is 12.1 Å². The molecule has 2 N–H and O–H groups in total. The third-order valence-corrected chi connectivity index (χ3v) is 5.44. The molecule has 3 rings (SSSR count). The number of furan rings is 1. The zero-order valence-corrected chi connectivity index (χ0v) is 15.5. The van der Waals surface area contributed by atoms with Crippen LogP contribution in [0.1, 0.15) is 42.5 Å². The number of hydrogen-bond acceptors (Lipinski definition) is 6. The van der Waals surface area contributed by atoms with Crippen LogP contribution in [-0.2, 0) is 6.42 Å². The van der Waals surface area contributed by atoms with Gasteiger partial charge in [-0.25, -0.2) is 4.79 Å². The van der Waals surface area contributed by atoms with Crippen LogP contribution in [-0.4, -0.2) is 41.8 Å². The number of hydrogen-bond donors (Lipinski definition) is 2. The van der Waals surface area contributed by atoms with Gasteiger partial charge in [-0.1, -0.05) is 37.0 Å². The molecule has 2 amide bonds. The largest absolute Gasteiger partial charge is 0.468 e. The number of carbonyl (C=O) groups is 1. The van der Waals surface area contributed by atoms with E-state index in [1.165, 1.54) is 37.0 Å². The van der Waals surface area contributed by atoms with Crippen LogP contribution in [0.5, 0.6) is 0 Å². The van der Waals surface area contributed by atoms with Crippen molar-refractivity contribution in [2.75, 3.05) is 26.0 Å². The van der Waals surface area contributed by atoms with Crippen molar-refractivity contribution in [1.29, 1.82) is 0 Å². The first-order valence-electron chi connectivity index (χ1n) is 8.69. The Hall–Kier alpha value is -1.93. The van der Waals surface area contributed by atoms with Crippen molar-refractivity contribution >= 4 is 22.5 Å². The lowest BCUT2D eigenvalue weighted by atomic mass is 10.1. The lowest BCUT2D eigenvalue weighted by Gasteiger charge is -2.22. The van der Waals surface area contributed by atoms with Gasteiger partial charge in [-0.3, -0.25) is 10.2 Å². The summed E-state index contributed by atoms with van der Waals surface area (Å²) in [5, 5.41) is 15.5. The molecule has 25 heavy (non-hydrogen) atoms. The standard InChI is InChI=1S/C17H25N5O2S/c1-22(2)13(14-8-5-9-24-14)11-18-16(23)19-17-21-20-15(25-17)10-12-6-3-4-7-12/h5,8-9,12-13H,3-4,6-7,10-11H2,1-2H3,(H2,18,19,21,23). The average Bonchev–Trinajstić information content (AvgIpc) is 3.31. The van der Waals surface area contributed by atoms with Gasteiger partial charge in [0.05, 0.1) is 12.3 Å². The van der Waals surface area contributed by atoms with E-state index in [4.69, 9.17) is 4.42 Å². The van der Waals surface area contributed by atoms with Gasteiger partial charge in [0.2, 0.25) is 5.13 Å². The zero-order chi connectivity index (χ0) is 17.6. The number of amides is 2. The van der Waals surface area contributed by atoms with Crippen molar-refractivity contribution in [1.82, 2.24) is 20.4 Å². The molecular formula is C17H25N5O2S. The Balaban J connectivity index is 1.48. The molecule has 7 nitrogen and oxygen atoms in total. The van der Waals surface area contributed by atoms with Gasteiger partial charge in [0.15, 0.2) is 0 Å². The Labute approximate surface area is 151 Å². The first-order chi connectivity index (χ1) is 12.1. The van der Waals surface area contributed by atoms with E-state index in [2.05, 4.69) is 20.8 Å². The van der Waals surface area contributed by atoms with Crippen LogP contribution in [0.2, 0.25) is 0 Å². The Morgan fingerprint density at radius 3 is 2.88 bits per heavy atom. The Bertz CT molecular complexity index is 664. The average molecular weight is 363 g/mol. The van der Waals surface area contributed by atoms with E-state index in [1.807, 2.05) is 31.1 Å². The molecule has 8 heteroatoms. The van der Waals surface area contributed by atoms with E-state index < -0.39 is 0 Å². The SMILES string of the molecule is CN(C)C(CNC(=O)Nc1nnc(CC2CCCC2)s1)c1ccco1. The molecule has 2 aromatic heterocycles. The number of nitrogens with one attached hydrogen (secondary N) is 2. The second-order valence-electron chi connectivity index (χ2n) is 6.69. The van der Waals surface area contributed by atoms with E-state index in [0.717, 1.165) is 23.1 Å². The second-order valence-corrected chi connectivity index (χ2v) is 7.75. The Morgan fingerprint density at radius 1 is 1.40 bits per heavy atom. The third-order valence-electron chi connectivity index (χ3n) is 4.58. The van der Waals surface area contributed by atoms with Crippen molar-refractivity contribution in [2.45, 2.75) is 38.1 Å². The molecule has 2 aromatic rings. The summed E-state index contributed by atoms with van der Waals surface area (Å²) >= 11 is 1.46. The molecule has 0 spiro atoms. The highest BCUT2D eigenvalue weighted by atomic mass is 32.1. The monoisotopic (exact) mass is 363 g/mol. The van der Waals surface area contributed by atoms with E-state index in [9.17, 15) is 4.79 Å². The van der Waals surface area contributed by atoms with Crippen LogP contribution in [0.4, 0.5) is 9.93 Å². The molecule has 0 aliphatic heterocycles. The van der Waals surface area contributed by atoms with Gasteiger partial charge in [-0.15, -0.1) is 10.2 Å². The molecule has 1 unspecified atom stereocenters. The minimum atomic E-state index is -0.276. The summed E-state index contributed by atoms with van der Waals surface area (Å²) < 4.78 is 5.44. The number of aromatic nitrogens is 2. The molecule has 1 aliphatic carbocycles. The van der Waals surface area contributed by atoms with Crippen molar-refractivity contribution in [3.05, 3.63) is 29.2 Å². The fourth-order valence-electron chi connectivity index (χ4n) is 3.20. The molecule has 0 aromatic carbocycles. The molecule has 1 atom stereocenters. The van der Waals surface area contributed by atoms with Gasteiger partial charge in [0, 0.05) is 13.0 Å². The molecule has 136 valence electrons. The van der Waals surface area contributed by atoms with E-state index >= 15 is 0 Å². The number of rotatable bonds is 7. The molecule has 1 aliphatic rings. The smallest absolute Gasteiger partial charge is 0.321 e. The normalized spacial score (nSPS) is 16.3. The summed E-state index contributed by atoms with van der Waals surface area (Å²) in [4.78, 5) is 14.1. The lowest BCUT2D eigenvalue weighted by molar-refractivity contribution is 0.233. The minimum Gasteiger partial charge on any atom is -0.468 e. The molecule has 1 fully saturated rings. The van der Waals surface area contributed by atoms with Gasteiger partial charge in [-0.05, 0) is 32.1 Å². The van der Waals surface area contributed by atoms with Crippen molar-refractivity contribution in [3.63, 3.8) is 0 Å². The highest BCUT2D eigenvalue weighted by Crippen LogP contribution is 2.29. The van der Waals surface area contributed by atoms with Gasteiger partial charge >= 0.3 is 6.03 Å². The molecule has 0 saturated heterocycles. The third kappa shape index (κ3) is 5.02. The van der Waals surface area contributed by atoms with Crippen molar-refractivity contribution in [2.24, 2.45) is 5.92 Å². The number of likely N-dealkylation sites (N-methyl/N-ethyl adjacent to an activating group) is 1. The van der Waals surface area contributed by atoms with Crippen LogP contribution in [0.3, 0.4) is 0 Å². The fraction of sp³-hybridized carbons (Fsp3) is 0.588. The summed E-state index contributed by atoms with van der Waals surface area (Å²) in [7, 11) is 3.90. The first kappa shape index (κ1) is 17.9. The Kier molecular flexibility index (Phi) is 6.04. The molecule has 2 heterocycles. The number of carbonyl (C=O) groups excluding carboxylic acids is 1. The summed E-state index contributed by atoms with van der Waals surface area (Å²) in [6.45, 7) is 0.445. The van der Waals surface area contributed by atoms with Crippen LogP contribution >= 0.6 is 11.3 Å². The van der Waals surface area contributed by atoms with E-state index in [1.54, 1.807) is 6.26 Å². The molecule has 1 saturated carbocycles. The maximum Gasteiger partial charge on any atom is 0.321 e. The van der Waals surface area contributed by atoms with Gasteiger partial charge in [0.1, 0.15) is 10.8 Å². The minimum absolute atomic E-state index is 0.0203. The topological polar surface area (TPSA) is 83.3 Å². The molecular weight excluding hydrogens is 338 g/mol.